The van der Waals surface area contributed by atoms with Crippen LogP contribution in [0.15, 0.2) is 72.8 Å². The van der Waals surface area contributed by atoms with Crippen molar-refractivity contribution in [2.24, 2.45) is 0 Å². The summed E-state index contributed by atoms with van der Waals surface area (Å²) in [5, 5.41) is 0. The molecule has 1 aliphatic heterocycles. The van der Waals surface area contributed by atoms with Gasteiger partial charge in [-0.25, -0.2) is 4.79 Å². The zero-order valence-corrected chi connectivity index (χ0v) is 19.4. The van der Waals surface area contributed by atoms with Crippen LogP contribution < -0.4 is 0 Å². The predicted molar refractivity (Wildman–Crippen MR) is 130 cm³/mol. The van der Waals surface area contributed by atoms with Gasteiger partial charge in [-0.05, 0) is 69.0 Å². The van der Waals surface area contributed by atoms with Crippen molar-refractivity contribution in [1.82, 2.24) is 4.90 Å². The Bertz CT molecular complexity index is 1020. The summed E-state index contributed by atoms with van der Waals surface area (Å²) in [6.45, 7) is 8.08. The molecular weight excluding hydrogens is 394 g/mol. The van der Waals surface area contributed by atoms with Gasteiger partial charge in [0.2, 0.25) is 0 Å². The summed E-state index contributed by atoms with van der Waals surface area (Å²) in [4.78, 5) is 16.1. The van der Waals surface area contributed by atoms with Crippen LogP contribution in [-0.4, -0.2) is 24.0 Å². The Morgan fingerprint density at radius 1 is 0.781 bits per heavy atom. The molecule has 1 aliphatic rings. The quantitative estimate of drug-likeness (QED) is 0.408. The van der Waals surface area contributed by atoms with Crippen LogP contribution in [0.1, 0.15) is 69.6 Å². The van der Waals surface area contributed by atoms with Crippen LogP contribution in [0.3, 0.4) is 0 Å². The van der Waals surface area contributed by atoms with Crippen molar-refractivity contribution in [3.8, 4) is 0 Å². The summed E-state index contributed by atoms with van der Waals surface area (Å²) in [6.07, 6.45) is 3.23. The Kier molecular flexibility index (Phi) is 7.06. The van der Waals surface area contributed by atoms with Crippen molar-refractivity contribution in [3.63, 3.8) is 0 Å². The van der Waals surface area contributed by atoms with Gasteiger partial charge in [0.15, 0.2) is 0 Å². The summed E-state index contributed by atoms with van der Waals surface area (Å²) in [7, 11) is 0. The third kappa shape index (κ3) is 4.94. The number of likely N-dealkylation sites (tertiary alicyclic amines) is 1. The Balaban J connectivity index is 1.76. The van der Waals surface area contributed by atoms with E-state index in [-0.39, 0.29) is 18.1 Å². The maximum Gasteiger partial charge on any atom is 0.339 e. The molecule has 0 spiro atoms. The minimum absolute atomic E-state index is 0.0195. The number of nitrogens with zero attached hydrogens (tertiary/aromatic N) is 1. The highest BCUT2D eigenvalue weighted by Crippen LogP contribution is 2.39. The molecule has 0 amide bonds. The molecule has 32 heavy (non-hydrogen) atoms. The Morgan fingerprint density at radius 3 is 1.88 bits per heavy atom. The predicted octanol–water partition coefficient (Wildman–Crippen LogP) is 6.74. The fraction of sp³-hybridized carbons (Fsp3) is 0.345. The van der Waals surface area contributed by atoms with Crippen molar-refractivity contribution >= 4 is 5.97 Å². The molecule has 3 nitrogen and oxygen atoms in total. The standard InChI is InChI=1S/C29H33NO2/c1-21-19-22(2)26(23(3)20-21)29(31)32-28(25-15-9-5-10-16-25)27(24-13-7-4-8-14-24)30-17-11-6-12-18-30/h4-5,7-10,13-16,19-20,27-28H,6,11-12,17-18H2,1-3H3/t27-,28-/m1/s1. The van der Waals surface area contributed by atoms with E-state index in [0.29, 0.717) is 5.56 Å². The van der Waals surface area contributed by atoms with Gasteiger partial charge >= 0.3 is 5.97 Å². The van der Waals surface area contributed by atoms with Crippen LogP contribution in [0.5, 0.6) is 0 Å². The second-order valence-corrected chi connectivity index (χ2v) is 8.96. The molecule has 0 aromatic heterocycles. The average Bonchev–Trinajstić information content (AvgIpc) is 2.80. The van der Waals surface area contributed by atoms with E-state index in [2.05, 4.69) is 60.4 Å². The second kappa shape index (κ2) is 10.1. The molecule has 3 aromatic carbocycles. The Hall–Kier alpha value is -2.91. The van der Waals surface area contributed by atoms with Crippen LogP contribution in [0.2, 0.25) is 0 Å². The zero-order valence-electron chi connectivity index (χ0n) is 19.4. The minimum atomic E-state index is -0.385. The van der Waals surface area contributed by atoms with Gasteiger partial charge in [0.1, 0.15) is 6.10 Å². The van der Waals surface area contributed by atoms with Crippen molar-refractivity contribution in [1.29, 1.82) is 0 Å². The van der Waals surface area contributed by atoms with Gasteiger partial charge in [-0.2, -0.15) is 0 Å². The van der Waals surface area contributed by atoms with Crippen molar-refractivity contribution in [3.05, 3.63) is 106 Å². The molecule has 3 aromatic rings. The highest BCUT2D eigenvalue weighted by atomic mass is 16.5. The summed E-state index contributed by atoms with van der Waals surface area (Å²) in [5.41, 5.74) is 5.99. The largest absolute Gasteiger partial charge is 0.452 e. The summed E-state index contributed by atoms with van der Waals surface area (Å²) in [6, 6.07) is 24.8. The van der Waals surface area contributed by atoms with Gasteiger partial charge in [0.05, 0.1) is 11.6 Å². The number of aryl methyl sites for hydroxylation is 3. The molecule has 1 saturated heterocycles. The van der Waals surface area contributed by atoms with Gasteiger partial charge in [-0.15, -0.1) is 0 Å². The Morgan fingerprint density at radius 2 is 1.31 bits per heavy atom. The van der Waals surface area contributed by atoms with Gasteiger partial charge in [0.25, 0.3) is 0 Å². The first-order chi connectivity index (χ1) is 15.5. The molecule has 166 valence electrons. The van der Waals surface area contributed by atoms with Crippen molar-refractivity contribution in [2.45, 2.75) is 52.2 Å². The molecule has 1 heterocycles. The number of carbonyl (C=O) groups excluding carboxylic acids is 1. The molecule has 0 bridgehead atoms. The lowest BCUT2D eigenvalue weighted by atomic mass is 9.92. The molecule has 0 N–H and O–H groups in total. The highest BCUT2D eigenvalue weighted by molar-refractivity contribution is 5.93. The van der Waals surface area contributed by atoms with E-state index in [1.54, 1.807) is 0 Å². The summed E-state index contributed by atoms with van der Waals surface area (Å²) >= 11 is 0. The number of carbonyl (C=O) groups is 1. The lowest BCUT2D eigenvalue weighted by molar-refractivity contribution is -0.00850. The topological polar surface area (TPSA) is 29.5 Å². The normalized spacial score (nSPS) is 16.3. The number of piperidine rings is 1. The van der Waals surface area contributed by atoms with E-state index in [4.69, 9.17) is 4.74 Å². The van der Waals surface area contributed by atoms with E-state index in [1.165, 1.54) is 24.8 Å². The first-order valence-corrected chi connectivity index (χ1v) is 11.7. The van der Waals surface area contributed by atoms with E-state index < -0.39 is 0 Å². The number of hydrogen-bond acceptors (Lipinski definition) is 3. The van der Waals surface area contributed by atoms with E-state index in [9.17, 15) is 4.79 Å². The van der Waals surface area contributed by atoms with Crippen LogP contribution in [0.25, 0.3) is 0 Å². The molecule has 0 aliphatic carbocycles. The molecule has 0 saturated carbocycles. The molecular formula is C29H33NO2. The maximum atomic E-state index is 13.6. The van der Waals surface area contributed by atoms with Crippen molar-refractivity contribution in [2.75, 3.05) is 13.1 Å². The number of rotatable bonds is 6. The zero-order chi connectivity index (χ0) is 22.5. The maximum absolute atomic E-state index is 13.6. The third-order valence-corrected chi connectivity index (χ3v) is 6.46. The highest BCUT2D eigenvalue weighted by Gasteiger charge is 2.34. The van der Waals surface area contributed by atoms with Crippen LogP contribution in [0, 0.1) is 20.8 Å². The summed E-state index contributed by atoms with van der Waals surface area (Å²) in [5.74, 6) is -0.244. The Labute approximate surface area is 192 Å². The summed E-state index contributed by atoms with van der Waals surface area (Å²) < 4.78 is 6.41. The fourth-order valence-electron chi connectivity index (χ4n) is 5.06. The lowest BCUT2D eigenvalue weighted by Crippen LogP contribution is -2.38. The molecule has 3 heteroatoms. The number of esters is 1. The average molecular weight is 428 g/mol. The fourth-order valence-corrected chi connectivity index (χ4v) is 5.06. The molecule has 4 rings (SSSR count). The third-order valence-electron chi connectivity index (χ3n) is 6.46. The van der Waals surface area contributed by atoms with E-state index >= 15 is 0 Å². The smallest absolute Gasteiger partial charge is 0.339 e. The second-order valence-electron chi connectivity index (χ2n) is 8.96. The number of hydrogen-bond donors (Lipinski definition) is 0. The lowest BCUT2D eigenvalue weighted by Gasteiger charge is -2.39. The molecule has 2 atom stereocenters. The van der Waals surface area contributed by atoms with Gasteiger partial charge in [-0.1, -0.05) is 84.8 Å². The van der Waals surface area contributed by atoms with Crippen LogP contribution in [-0.2, 0) is 4.74 Å². The molecule has 0 unspecified atom stereocenters. The van der Waals surface area contributed by atoms with Gasteiger partial charge in [-0.3, -0.25) is 4.90 Å². The van der Waals surface area contributed by atoms with Gasteiger partial charge in [0, 0.05) is 0 Å². The van der Waals surface area contributed by atoms with Crippen LogP contribution in [0.4, 0.5) is 0 Å². The SMILES string of the molecule is Cc1cc(C)c(C(=O)O[C@H](c2ccccc2)[C@@H](c2ccccc2)N2CCCCC2)c(C)c1. The number of ether oxygens (including phenoxy) is 1. The first kappa shape index (κ1) is 22.3. The monoisotopic (exact) mass is 427 g/mol. The first-order valence-electron chi connectivity index (χ1n) is 11.7. The van der Waals surface area contributed by atoms with E-state index in [0.717, 1.165) is 35.3 Å². The van der Waals surface area contributed by atoms with Crippen molar-refractivity contribution < 1.29 is 9.53 Å². The van der Waals surface area contributed by atoms with E-state index in [1.807, 2.05) is 38.1 Å². The van der Waals surface area contributed by atoms with Gasteiger partial charge < -0.3 is 4.74 Å². The molecule has 0 radical (unpaired) electrons. The number of benzene rings is 3. The van der Waals surface area contributed by atoms with Crippen LogP contribution >= 0.6 is 0 Å². The molecule has 1 fully saturated rings. The minimum Gasteiger partial charge on any atom is -0.452 e.